The van der Waals surface area contributed by atoms with Crippen molar-refractivity contribution in [2.75, 3.05) is 13.7 Å². The molecule has 0 aliphatic heterocycles. The number of phenolic OH excluding ortho intramolecular Hbond substituents is 1. The highest BCUT2D eigenvalue weighted by Crippen LogP contribution is 2.26. The summed E-state index contributed by atoms with van der Waals surface area (Å²) in [7, 11) is 1.55. The van der Waals surface area contributed by atoms with Crippen molar-refractivity contribution in [3.8, 4) is 11.5 Å². The molecule has 0 spiro atoms. The first-order valence-electron chi connectivity index (χ1n) is 8.13. The van der Waals surface area contributed by atoms with E-state index >= 15 is 0 Å². The van der Waals surface area contributed by atoms with Gasteiger partial charge < -0.3 is 20.5 Å². The van der Waals surface area contributed by atoms with Gasteiger partial charge in [-0.15, -0.1) is 0 Å². The smallest absolute Gasteiger partial charge is 0.191 e. The number of hydrogen-bond donors (Lipinski definition) is 3. The van der Waals surface area contributed by atoms with E-state index in [1.165, 1.54) is 32.1 Å². The van der Waals surface area contributed by atoms with E-state index in [0.717, 1.165) is 18.1 Å². The number of ether oxygens (including phenoxy) is 1. The van der Waals surface area contributed by atoms with E-state index in [9.17, 15) is 5.11 Å². The molecular formula is C17H27N3O2. The van der Waals surface area contributed by atoms with Crippen LogP contribution in [0.3, 0.4) is 0 Å². The lowest BCUT2D eigenvalue weighted by Crippen LogP contribution is -2.44. The molecule has 1 aromatic carbocycles. The monoisotopic (exact) mass is 305 g/mol. The Morgan fingerprint density at radius 1 is 1.32 bits per heavy atom. The molecule has 1 aliphatic carbocycles. The maximum Gasteiger partial charge on any atom is 0.191 e. The molecule has 5 nitrogen and oxygen atoms in total. The number of benzene rings is 1. The molecular weight excluding hydrogens is 278 g/mol. The molecule has 1 fully saturated rings. The summed E-state index contributed by atoms with van der Waals surface area (Å²) in [6.45, 7) is 3.43. The van der Waals surface area contributed by atoms with Crippen LogP contribution in [0.15, 0.2) is 23.2 Å². The number of guanidine groups is 1. The Hall–Kier alpha value is -1.91. The van der Waals surface area contributed by atoms with Crippen LogP contribution in [0.2, 0.25) is 0 Å². The average molecular weight is 305 g/mol. The van der Waals surface area contributed by atoms with Crippen molar-refractivity contribution in [1.82, 2.24) is 10.6 Å². The fourth-order valence-electron chi connectivity index (χ4n) is 2.76. The molecule has 0 heterocycles. The molecule has 0 bridgehead atoms. The van der Waals surface area contributed by atoms with Gasteiger partial charge in [0, 0.05) is 12.6 Å². The standard InChI is InChI=1S/C17H27N3O2/c1-3-18-17(20-14-7-5-4-6-8-14)19-12-13-9-10-16(22-2)15(21)11-13/h9-11,14,21H,3-8,12H2,1-2H3,(H2,18,19,20). The van der Waals surface area contributed by atoms with Gasteiger partial charge in [-0.3, -0.25) is 0 Å². The van der Waals surface area contributed by atoms with Gasteiger partial charge in [-0.1, -0.05) is 25.3 Å². The van der Waals surface area contributed by atoms with Crippen molar-refractivity contribution in [3.63, 3.8) is 0 Å². The van der Waals surface area contributed by atoms with Crippen LogP contribution < -0.4 is 15.4 Å². The van der Waals surface area contributed by atoms with E-state index in [1.807, 2.05) is 6.07 Å². The molecule has 0 saturated heterocycles. The molecule has 0 atom stereocenters. The molecule has 5 heteroatoms. The van der Waals surface area contributed by atoms with Crippen LogP contribution in [0.4, 0.5) is 0 Å². The third kappa shape index (κ3) is 4.83. The van der Waals surface area contributed by atoms with Gasteiger partial charge in [0.2, 0.25) is 0 Å². The Morgan fingerprint density at radius 2 is 2.09 bits per heavy atom. The van der Waals surface area contributed by atoms with Crippen molar-refractivity contribution >= 4 is 5.96 Å². The van der Waals surface area contributed by atoms with Crippen LogP contribution in [-0.4, -0.2) is 30.8 Å². The van der Waals surface area contributed by atoms with E-state index in [2.05, 4.69) is 22.5 Å². The highest BCUT2D eigenvalue weighted by atomic mass is 16.5. The zero-order valence-corrected chi connectivity index (χ0v) is 13.6. The first kappa shape index (κ1) is 16.5. The number of aliphatic imine (C=N–C) groups is 1. The maximum atomic E-state index is 9.82. The summed E-state index contributed by atoms with van der Waals surface area (Å²) in [5.41, 5.74) is 0.958. The quantitative estimate of drug-likeness (QED) is 0.578. The maximum absolute atomic E-state index is 9.82. The van der Waals surface area contributed by atoms with Gasteiger partial charge in [0.05, 0.1) is 13.7 Å². The summed E-state index contributed by atoms with van der Waals surface area (Å²) in [5.74, 6) is 1.49. The molecule has 122 valence electrons. The molecule has 1 aliphatic rings. The van der Waals surface area contributed by atoms with E-state index in [1.54, 1.807) is 19.2 Å². The number of phenols is 1. The zero-order chi connectivity index (χ0) is 15.8. The van der Waals surface area contributed by atoms with Gasteiger partial charge in [0.15, 0.2) is 17.5 Å². The van der Waals surface area contributed by atoms with Crippen molar-refractivity contribution in [2.45, 2.75) is 51.6 Å². The summed E-state index contributed by atoms with van der Waals surface area (Å²) < 4.78 is 5.05. The van der Waals surface area contributed by atoms with E-state index < -0.39 is 0 Å². The lowest BCUT2D eigenvalue weighted by molar-refractivity contribution is 0.373. The minimum Gasteiger partial charge on any atom is -0.504 e. The first-order chi connectivity index (χ1) is 10.7. The third-order valence-corrected chi connectivity index (χ3v) is 3.95. The summed E-state index contributed by atoms with van der Waals surface area (Å²) in [5, 5.41) is 16.6. The number of aromatic hydroxyl groups is 1. The lowest BCUT2D eigenvalue weighted by atomic mass is 9.96. The first-order valence-corrected chi connectivity index (χ1v) is 8.13. The second kappa shape index (κ2) is 8.51. The SMILES string of the molecule is CCNC(=NCc1ccc(OC)c(O)c1)NC1CCCCC1. The van der Waals surface area contributed by atoms with Gasteiger partial charge in [-0.2, -0.15) is 0 Å². The van der Waals surface area contributed by atoms with Crippen LogP contribution in [0.5, 0.6) is 11.5 Å². The van der Waals surface area contributed by atoms with Crippen molar-refractivity contribution < 1.29 is 9.84 Å². The molecule has 0 amide bonds. The minimum atomic E-state index is 0.153. The number of nitrogens with one attached hydrogen (secondary N) is 2. The zero-order valence-electron chi connectivity index (χ0n) is 13.6. The minimum absolute atomic E-state index is 0.153. The Morgan fingerprint density at radius 3 is 2.73 bits per heavy atom. The van der Waals surface area contributed by atoms with Crippen molar-refractivity contribution in [3.05, 3.63) is 23.8 Å². The molecule has 0 aromatic heterocycles. The molecule has 0 radical (unpaired) electrons. The lowest BCUT2D eigenvalue weighted by Gasteiger charge is -2.24. The largest absolute Gasteiger partial charge is 0.504 e. The third-order valence-electron chi connectivity index (χ3n) is 3.95. The highest BCUT2D eigenvalue weighted by Gasteiger charge is 2.14. The van der Waals surface area contributed by atoms with E-state index in [-0.39, 0.29) is 5.75 Å². The molecule has 1 saturated carbocycles. The molecule has 22 heavy (non-hydrogen) atoms. The normalized spacial score (nSPS) is 16.4. The Bertz CT molecular complexity index is 497. The van der Waals surface area contributed by atoms with Gasteiger partial charge in [-0.05, 0) is 37.5 Å². The summed E-state index contributed by atoms with van der Waals surface area (Å²) in [6.07, 6.45) is 6.37. The summed E-state index contributed by atoms with van der Waals surface area (Å²) >= 11 is 0. The topological polar surface area (TPSA) is 65.9 Å². The van der Waals surface area contributed by atoms with E-state index in [0.29, 0.717) is 18.3 Å². The van der Waals surface area contributed by atoms with Gasteiger partial charge >= 0.3 is 0 Å². The number of rotatable bonds is 5. The Balaban J connectivity index is 1.98. The van der Waals surface area contributed by atoms with Crippen LogP contribution in [0, 0.1) is 0 Å². The van der Waals surface area contributed by atoms with E-state index in [4.69, 9.17) is 4.74 Å². The van der Waals surface area contributed by atoms with Crippen LogP contribution >= 0.6 is 0 Å². The van der Waals surface area contributed by atoms with Gasteiger partial charge in [-0.25, -0.2) is 4.99 Å². The number of methoxy groups -OCH3 is 1. The molecule has 2 rings (SSSR count). The average Bonchev–Trinajstić information content (AvgIpc) is 2.54. The fraction of sp³-hybridized carbons (Fsp3) is 0.588. The molecule has 0 unspecified atom stereocenters. The van der Waals surface area contributed by atoms with Crippen LogP contribution in [-0.2, 0) is 6.54 Å². The van der Waals surface area contributed by atoms with Gasteiger partial charge in [0.25, 0.3) is 0 Å². The number of nitrogens with zero attached hydrogens (tertiary/aromatic N) is 1. The Labute approximate surface area is 132 Å². The molecule has 3 N–H and O–H groups in total. The van der Waals surface area contributed by atoms with Crippen LogP contribution in [0.1, 0.15) is 44.6 Å². The molecule has 1 aromatic rings. The second-order valence-corrected chi connectivity index (χ2v) is 5.68. The van der Waals surface area contributed by atoms with Crippen molar-refractivity contribution in [1.29, 1.82) is 0 Å². The predicted octanol–water partition coefficient (Wildman–Crippen LogP) is 2.79. The summed E-state index contributed by atoms with van der Waals surface area (Å²) in [6, 6.07) is 5.91. The van der Waals surface area contributed by atoms with Crippen LogP contribution in [0.25, 0.3) is 0 Å². The fourth-order valence-corrected chi connectivity index (χ4v) is 2.76. The predicted molar refractivity (Wildman–Crippen MR) is 89.5 cm³/mol. The Kier molecular flexibility index (Phi) is 6.37. The van der Waals surface area contributed by atoms with Crippen molar-refractivity contribution in [2.24, 2.45) is 4.99 Å². The second-order valence-electron chi connectivity index (χ2n) is 5.68. The number of hydrogen-bond acceptors (Lipinski definition) is 3. The highest BCUT2D eigenvalue weighted by molar-refractivity contribution is 5.80. The van der Waals surface area contributed by atoms with Gasteiger partial charge in [0.1, 0.15) is 0 Å². The summed E-state index contributed by atoms with van der Waals surface area (Å²) in [4.78, 5) is 4.62.